The Labute approximate surface area is 135 Å². The molecule has 1 aliphatic rings. The fourth-order valence-corrected chi connectivity index (χ4v) is 2.76. The first kappa shape index (κ1) is 15.3. The lowest BCUT2D eigenvalue weighted by Gasteiger charge is -2.36. The van der Waals surface area contributed by atoms with Crippen molar-refractivity contribution in [2.24, 2.45) is 0 Å². The van der Waals surface area contributed by atoms with Crippen molar-refractivity contribution >= 4 is 11.6 Å². The lowest BCUT2D eigenvalue weighted by Crippen LogP contribution is -2.49. The maximum atomic E-state index is 12.6. The predicted molar refractivity (Wildman–Crippen MR) is 87.9 cm³/mol. The number of ether oxygens (including phenoxy) is 1. The number of carbonyl (C=O) groups excluding carboxylic acids is 1. The Kier molecular flexibility index (Phi) is 4.41. The highest BCUT2D eigenvalue weighted by Gasteiger charge is 2.23. The van der Waals surface area contributed by atoms with Crippen molar-refractivity contribution in [3.05, 3.63) is 47.8 Å². The molecular weight excluding hydrogens is 292 g/mol. The fourth-order valence-electron chi connectivity index (χ4n) is 2.76. The van der Waals surface area contributed by atoms with E-state index in [9.17, 15) is 4.79 Å². The number of aromatic nitrogens is 2. The summed E-state index contributed by atoms with van der Waals surface area (Å²) in [5.41, 5.74) is 2.47. The molecule has 0 N–H and O–H groups in total. The molecular formula is C17H20N4O2. The van der Waals surface area contributed by atoms with Gasteiger partial charge in [0.25, 0.3) is 5.91 Å². The molecule has 0 saturated carbocycles. The van der Waals surface area contributed by atoms with Gasteiger partial charge in [-0.1, -0.05) is 0 Å². The number of hydrogen-bond acceptors (Lipinski definition) is 5. The molecule has 1 aromatic carbocycles. The second-order valence-corrected chi connectivity index (χ2v) is 5.51. The SMILES string of the molecule is COc1ccc(N2CCN(C(=O)c3ccnnc3C)CC2)cc1. The van der Waals surface area contributed by atoms with Gasteiger partial charge in [0.1, 0.15) is 5.75 Å². The van der Waals surface area contributed by atoms with Crippen molar-refractivity contribution in [2.75, 3.05) is 38.2 Å². The Bertz CT molecular complexity index is 679. The molecule has 0 atom stereocenters. The van der Waals surface area contributed by atoms with Gasteiger partial charge >= 0.3 is 0 Å². The van der Waals surface area contributed by atoms with Crippen molar-refractivity contribution in [3.63, 3.8) is 0 Å². The van der Waals surface area contributed by atoms with Gasteiger partial charge < -0.3 is 14.5 Å². The van der Waals surface area contributed by atoms with Crippen LogP contribution in [0.15, 0.2) is 36.5 Å². The average molecular weight is 312 g/mol. The van der Waals surface area contributed by atoms with Gasteiger partial charge in [-0.05, 0) is 37.3 Å². The molecule has 120 valence electrons. The van der Waals surface area contributed by atoms with Crippen LogP contribution < -0.4 is 9.64 Å². The van der Waals surface area contributed by atoms with Crippen LogP contribution in [0.5, 0.6) is 5.75 Å². The van der Waals surface area contributed by atoms with E-state index in [1.807, 2.05) is 36.1 Å². The Balaban J connectivity index is 1.64. The summed E-state index contributed by atoms with van der Waals surface area (Å²) in [6.07, 6.45) is 1.56. The third-order valence-electron chi connectivity index (χ3n) is 4.14. The normalized spacial score (nSPS) is 14.7. The Hall–Kier alpha value is -2.63. The van der Waals surface area contributed by atoms with Crippen molar-refractivity contribution < 1.29 is 9.53 Å². The van der Waals surface area contributed by atoms with Gasteiger partial charge in [0.15, 0.2) is 0 Å². The van der Waals surface area contributed by atoms with Gasteiger partial charge in [-0.2, -0.15) is 10.2 Å². The Morgan fingerprint density at radius 3 is 2.39 bits per heavy atom. The van der Waals surface area contributed by atoms with Crippen LogP contribution in [0.2, 0.25) is 0 Å². The van der Waals surface area contributed by atoms with Crippen LogP contribution >= 0.6 is 0 Å². The van der Waals surface area contributed by atoms with Crippen LogP contribution in [-0.4, -0.2) is 54.3 Å². The van der Waals surface area contributed by atoms with Crippen LogP contribution in [0.25, 0.3) is 0 Å². The lowest BCUT2D eigenvalue weighted by molar-refractivity contribution is 0.0745. The zero-order valence-electron chi connectivity index (χ0n) is 13.4. The molecule has 0 radical (unpaired) electrons. The number of hydrogen-bond donors (Lipinski definition) is 0. The monoisotopic (exact) mass is 312 g/mol. The van der Waals surface area contributed by atoms with Gasteiger partial charge in [0.2, 0.25) is 0 Å². The fraction of sp³-hybridized carbons (Fsp3) is 0.353. The molecule has 6 heteroatoms. The summed E-state index contributed by atoms with van der Waals surface area (Å²) in [5.74, 6) is 0.884. The highest BCUT2D eigenvalue weighted by Crippen LogP contribution is 2.21. The van der Waals surface area contributed by atoms with E-state index in [2.05, 4.69) is 15.1 Å². The van der Waals surface area contributed by atoms with Crippen LogP contribution in [0.3, 0.4) is 0 Å². The lowest BCUT2D eigenvalue weighted by atomic mass is 10.1. The summed E-state index contributed by atoms with van der Waals surface area (Å²) in [6.45, 7) is 4.85. The maximum absolute atomic E-state index is 12.6. The highest BCUT2D eigenvalue weighted by atomic mass is 16.5. The zero-order valence-corrected chi connectivity index (χ0v) is 13.4. The third kappa shape index (κ3) is 3.26. The van der Waals surface area contributed by atoms with Crippen molar-refractivity contribution in [1.82, 2.24) is 15.1 Å². The van der Waals surface area contributed by atoms with Gasteiger partial charge in [-0.3, -0.25) is 4.79 Å². The first-order valence-electron chi connectivity index (χ1n) is 7.65. The zero-order chi connectivity index (χ0) is 16.2. The summed E-state index contributed by atoms with van der Waals surface area (Å²) in [7, 11) is 1.66. The predicted octanol–water partition coefficient (Wildman–Crippen LogP) is 1.76. The second kappa shape index (κ2) is 6.64. The van der Waals surface area contributed by atoms with E-state index in [0.29, 0.717) is 24.3 Å². The van der Waals surface area contributed by atoms with E-state index in [4.69, 9.17) is 4.74 Å². The van der Waals surface area contributed by atoms with Crippen molar-refractivity contribution in [1.29, 1.82) is 0 Å². The molecule has 1 amide bonds. The van der Waals surface area contributed by atoms with E-state index in [0.717, 1.165) is 24.5 Å². The maximum Gasteiger partial charge on any atom is 0.255 e. The average Bonchev–Trinajstić information content (AvgIpc) is 2.62. The van der Waals surface area contributed by atoms with Crippen LogP contribution in [0.1, 0.15) is 16.1 Å². The molecule has 3 rings (SSSR count). The third-order valence-corrected chi connectivity index (χ3v) is 4.14. The molecule has 0 unspecified atom stereocenters. The van der Waals surface area contributed by atoms with E-state index >= 15 is 0 Å². The van der Waals surface area contributed by atoms with Crippen LogP contribution in [0, 0.1) is 6.92 Å². The standard InChI is InChI=1S/C17H20N4O2/c1-13-16(7-8-18-19-13)17(22)21-11-9-20(10-12-21)14-3-5-15(23-2)6-4-14/h3-8H,9-12H2,1-2H3. The quantitative estimate of drug-likeness (QED) is 0.864. The van der Waals surface area contributed by atoms with Crippen LogP contribution in [0.4, 0.5) is 5.69 Å². The van der Waals surface area contributed by atoms with Crippen molar-refractivity contribution in [2.45, 2.75) is 6.92 Å². The number of aryl methyl sites for hydroxylation is 1. The molecule has 0 spiro atoms. The summed E-state index contributed by atoms with van der Waals surface area (Å²) < 4.78 is 5.18. The van der Waals surface area contributed by atoms with E-state index in [-0.39, 0.29) is 5.91 Å². The number of nitrogens with zero attached hydrogens (tertiary/aromatic N) is 4. The minimum absolute atomic E-state index is 0.0341. The molecule has 6 nitrogen and oxygen atoms in total. The molecule has 2 aromatic rings. The summed E-state index contributed by atoms with van der Waals surface area (Å²) in [6, 6.07) is 9.75. The number of methoxy groups -OCH3 is 1. The topological polar surface area (TPSA) is 58.6 Å². The summed E-state index contributed by atoms with van der Waals surface area (Å²) in [5, 5.41) is 7.75. The molecule has 1 aliphatic heterocycles. The van der Waals surface area contributed by atoms with Gasteiger partial charge in [0, 0.05) is 31.9 Å². The van der Waals surface area contributed by atoms with Gasteiger partial charge in [-0.25, -0.2) is 0 Å². The highest BCUT2D eigenvalue weighted by molar-refractivity contribution is 5.95. The van der Waals surface area contributed by atoms with Crippen LogP contribution in [-0.2, 0) is 0 Å². The van der Waals surface area contributed by atoms with Crippen molar-refractivity contribution in [3.8, 4) is 5.75 Å². The molecule has 23 heavy (non-hydrogen) atoms. The number of amides is 1. The molecule has 0 bridgehead atoms. The molecule has 1 saturated heterocycles. The molecule has 1 fully saturated rings. The first-order valence-corrected chi connectivity index (χ1v) is 7.65. The second-order valence-electron chi connectivity index (χ2n) is 5.51. The number of anilines is 1. The van der Waals surface area contributed by atoms with E-state index in [1.54, 1.807) is 19.4 Å². The van der Waals surface area contributed by atoms with Gasteiger partial charge in [0.05, 0.1) is 24.6 Å². The number of rotatable bonds is 3. The minimum Gasteiger partial charge on any atom is -0.497 e. The minimum atomic E-state index is 0.0341. The van der Waals surface area contributed by atoms with E-state index < -0.39 is 0 Å². The Morgan fingerprint density at radius 2 is 1.78 bits per heavy atom. The largest absolute Gasteiger partial charge is 0.497 e. The number of benzene rings is 1. The van der Waals surface area contributed by atoms with Gasteiger partial charge in [-0.15, -0.1) is 0 Å². The Morgan fingerprint density at radius 1 is 1.09 bits per heavy atom. The smallest absolute Gasteiger partial charge is 0.255 e. The summed E-state index contributed by atoms with van der Waals surface area (Å²) >= 11 is 0. The molecule has 0 aliphatic carbocycles. The summed E-state index contributed by atoms with van der Waals surface area (Å²) in [4.78, 5) is 16.7. The number of piperazine rings is 1. The first-order chi connectivity index (χ1) is 11.2. The molecule has 2 heterocycles. The number of carbonyl (C=O) groups is 1. The molecule has 1 aromatic heterocycles. The van der Waals surface area contributed by atoms with E-state index in [1.165, 1.54) is 0 Å².